The van der Waals surface area contributed by atoms with E-state index in [0.717, 1.165) is 43.1 Å². The van der Waals surface area contributed by atoms with Gasteiger partial charge in [0.1, 0.15) is 17.0 Å². The van der Waals surface area contributed by atoms with Crippen LogP contribution in [0, 0.1) is 17.6 Å². The molecule has 0 unspecified atom stereocenters. The molecule has 0 atom stereocenters. The largest absolute Gasteiger partial charge is 0.476 e. The van der Waals surface area contributed by atoms with Crippen molar-refractivity contribution in [3.63, 3.8) is 0 Å². The second-order valence-electron chi connectivity index (χ2n) is 10.4. The number of nitrogens with zero attached hydrogens (tertiary/aromatic N) is 5. The number of H-pyrrole nitrogens is 1. The lowest BCUT2D eigenvalue weighted by atomic mass is 9.98. The minimum absolute atomic E-state index is 0. The molecule has 46 heavy (non-hydrogen) atoms. The maximum Gasteiger partial charge on any atom is 0.286 e. The number of likely N-dealkylation sites (tertiary alicyclic amines) is 1. The van der Waals surface area contributed by atoms with Gasteiger partial charge in [0.2, 0.25) is 5.88 Å². The molecule has 2 aromatic carbocycles. The van der Waals surface area contributed by atoms with Crippen molar-refractivity contribution in [2.24, 2.45) is 5.92 Å². The molecule has 0 radical (unpaired) electrons. The number of benzene rings is 2. The number of hydrogen-bond acceptors (Lipinski definition) is 8. The SMILES string of the molecule is CCN1CCC(COc2n[nH]c3nccc(Oc4ccc(NC(=O)c5nccn(-c6ccc(F)cc6)c5=O)cc4F)c23)CC1.Cl.Cl. The van der Waals surface area contributed by atoms with Crippen molar-refractivity contribution < 1.29 is 23.0 Å². The predicted molar refractivity (Wildman–Crippen MR) is 173 cm³/mol. The molecule has 15 heteroatoms. The lowest BCUT2D eigenvalue weighted by molar-refractivity contribution is 0.102. The molecular formula is C31H31Cl2F2N7O4. The van der Waals surface area contributed by atoms with Gasteiger partial charge in [-0.1, -0.05) is 6.92 Å². The molecule has 0 saturated carbocycles. The van der Waals surface area contributed by atoms with Crippen molar-refractivity contribution in [3.05, 3.63) is 94.8 Å². The quantitative estimate of drug-likeness (QED) is 0.202. The van der Waals surface area contributed by atoms with Crippen molar-refractivity contribution in [1.29, 1.82) is 0 Å². The third-order valence-electron chi connectivity index (χ3n) is 7.57. The molecule has 1 fully saturated rings. The van der Waals surface area contributed by atoms with Gasteiger partial charge in [0.15, 0.2) is 22.9 Å². The molecule has 1 amide bonds. The molecule has 1 aliphatic heterocycles. The maximum atomic E-state index is 15.2. The second kappa shape index (κ2) is 15.1. The lowest BCUT2D eigenvalue weighted by Gasteiger charge is -2.30. The Morgan fingerprint density at radius 3 is 2.50 bits per heavy atom. The maximum absolute atomic E-state index is 15.2. The smallest absolute Gasteiger partial charge is 0.286 e. The summed E-state index contributed by atoms with van der Waals surface area (Å²) in [5, 5.41) is 10.1. The summed E-state index contributed by atoms with van der Waals surface area (Å²) in [7, 11) is 0. The number of piperidine rings is 1. The number of amides is 1. The topological polar surface area (TPSA) is 127 Å². The van der Waals surface area contributed by atoms with Crippen LogP contribution in [0.15, 0.2) is 71.9 Å². The van der Waals surface area contributed by atoms with Gasteiger partial charge in [0.05, 0.1) is 6.61 Å². The molecule has 0 spiro atoms. The highest BCUT2D eigenvalue weighted by Gasteiger charge is 2.22. The summed E-state index contributed by atoms with van der Waals surface area (Å²) in [6, 6.07) is 10.7. The number of aromatic amines is 1. The van der Waals surface area contributed by atoms with E-state index in [9.17, 15) is 14.0 Å². The summed E-state index contributed by atoms with van der Waals surface area (Å²) in [6.45, 7) is 5.77. The molecule has 6 rings (SSSR count). The summed E-state index contributed by atoms with van der Waals surface area (Å²) < 4.78 is 41.6. The van der Waals surface area contributed by atoms with Crippen LogP contribution >= 0.6 is 24.8 Å². The monoisotopic (exact) mass is 673 g/mol. The lowest BCUT2D eigenvalue weighted by Crippen LogP contribution is -2.35. The fourth-order valence-electron chi connectivity index (χ4n) is 5.09. The zero-order valence-corrected chi connectivity index (χ0v) is 26.2. The molecule has 1 aliphatic rings. The highest BCUT2D eigenvalue weighted by molar-refractivity contribution is 6.02. The third-order valence-corrected chi connectivity index (χ3v) is 7.57. The number of halogens is 4. The molecule has 5 aromatic rings. The average molecular weight is 675 g/mol. The van der Waals surface area contributed by atoms with E-state index in [0.29, 0.717) is 40.9 Å². The van der Waals surface area contributed by atoms with Gasteiger partial charge in [0.25, 0.3) is 11.5 Å². The van der Waals surface area contributed by atoms with Gasteiger partial charge < -0.3 is 19.7 Å². The first-order valence-corrected chi connectivity index (χ1v) is 14.2. The Morgan fingerprint density at radius 1 is 1.02 bits per heavy atom. The van der Waals surface area contributed by atoms with Gasteiger partial charge in [-0.25, -0.2) is 18.7 Å². The number of hydrogen-bond donors (Lipinski definition) is 2. The molecule has 0 aliphatic carbocycles. The summed E-state index contributed by atoms with van der Waals surface area (Å²) >= 11 is 0. The average Bonchev–Trinajstić information content (AvgIpc) is 3.46. The molecule has 1 saturated heterocycles. The normalized spacial score (nSPS) is 13.5. The Bertz CT molecular complexity index is 1860. The number of pyridine rings is 1. The van der Waals surface area contributed by atoms with E-state index in [1.807, 2.05) is 0 Å². The van der Waals surface area contributed by atoms with Gasteiger partial charge >= 0.3 is 0 Å². The number of fused-ring (bicyclic) bond motifs is 1. The summed E-state index contributed by atoms with van der Waals surface area (Å²) in [5.74, 6) is -1.14. The number of carbonyl (C=O) groups is 1. The molecular weight excluding hydrogens is 643 g/mol. The van der Waals surface area contributed by atoms with Crippen LogP contribution in [0.3, 0.4) is 0 Å². The van der Waals surface area contributed by atoms with Crippen LogP contribution < -0.4 is 20.3 Å². The molecule has 2 N–H and O–H groups in total. The van der Waals surface area contributed by atoms with E-state index in [1.54, 1.807) is 6.07 Å². The summed E-state index contributed by atoms with van der Waals surface area (Å²) in [5.41, 5.74) is -0.263. The first-order chi connectivity index (χ1) is 21.4. The Kier molecular flexibility index (Phi) is 11.3. The van der Waals surface area contributed by atoms with Gasteiger partial charge in [0, 0.05) is 42.1 Å². The van der Waals surface area contributed by atoms with Crippen LogP contribution in [0.25, 0.3) is 16.7 Å². The first kappa shape index (κ1) is 34.3. The van der Waals surface area contributed by atoms with Gasteiger partial charge in [-0.2, -0.15) is 0 Å². The standard InChI is InChI=1S/C31H29F2N7O4.2ClH/c1-2-39-14-10-19(11-15-39)18-43-30-26-25(9-12-35-28(26)37-38-30)44-24-8-5-21(17-23(24)33)36-29(41)27-31(42)40(16-13-34-27)22-6-3-20(32)4-7-22;;/h3-9,12-13,16-17,19H,2,10-11,14-15,18H2,1H3,(H,36,41)(H,35,37,38);2*1H. The van der Waals surface area contributed by atoms with Crippen molar-refractivity contribution in [3.8, 4) is 23.1 Å². The number of aromatic nitrogens is 5. The third kappa shape index (κ3) is 7.44. The van der Waals surface area contributed by atoms with Gasteiger partial charge in [-0.05, 0) is 74.8 Å². The van der Waals surface area contributed by atoms with Crippen LogP contribution in [0.4, 0.5) is 14.5 Å². The van der Waals surface area contributed by atoms with Gasteiger partial charge in [-0.15, -0.1) is 29.9 Å². The van der Waals surface area contributed by atoms with Crippen molar-refractivity contribution in [1.82, 2.24) is 29.6 Å². The Labute approximate surface area is 274 Å². The molecule has 3 aromatic heterocycles. The van der Waals surface area contributed by atoms with Crippen molar-refractivity contribution in [2.75, 3.05) is 31.6 Å². The number of nitrogens with one attached hydrogen (secondary N) is 2. The number of rotatable bonds is 9. The highest BCUT2D eigenvalue weighted by Crippen LogP contribution is 2.36. The van der Waals surface area contributed by atoms with E-state index in [-0.39, 0.29) is 36.3 Å². The molecule has 0 bridgehead atoms. The van der Waals surface area contributed by atoms with E-state index in [2.05, 4.69) is 37.3 Å². The zero-order valence-electron chi connectivity index (χ0n) is 24.6. The van der Waals surface area contributed by atoms with Gasteiger partial charge in [-0.3, -0.25) is 19.3 Å². The molecule has 11 nitrogen and oxygen atoms in total. The summed E-state index contributed by atoms with van der Waals surface area (Å²) in [6.07, 6.45) is 6.22. The van der Waals surface area contributed by atoms with E-state index in [4.69, 9.17) is 9.47 Å². The fraction of sp³-hybridized carbons (Fsp3) is 0.258. The molecule has 4 heterocycles. The Hall–Kier alpha value is -4.59. The van der Waals surface area contributed by atoms with E-state index < -0.39 is 28.8 Å². The first-order valence-electron chi connectivity index (χ1n) is 14.2. The van der Waals surface area contributed by atoms with Crippen LogP contribution in [0.2, 0.25) is 0 Å². The van der Waals surface area contributed by atoms with Crippen LogP contribution in [0.1, 0.15) is 30.3 Å². The minimum Gasteiger partial charge on any atom is -0.476 e. The Balaban J connectivity index is 0.00000240. The molecule has 242 valence electrons. The van der Waals surface area contributed by atoms with Crippen molar-refractivity contribution >= 4 is 47.4 Å². The van der Waals surface area contributed by atoms with E-state index in [1.165, 1.54) is 55.0 Å². The predicted octanol–water partition coefficient (Wildman–Crippen LogP) is 5.78. The van der Waals surface area contributed by atoms with Crippen LogP contribution in [-0.2, 0) is 0 Å². The summed E-state index contributed by atoms with van der Waals surface area (Å²) in [4.78, 5) is 36.4. The zero-order chi connectivity index (χ0) is 30.6. The fourth-order valence-corrected chi connectivity index (χ4v) is 5.09. The van der Waals surface area contributed by atoms with Crippen LogP contribution in [0.5, 0.6) is 17.4 Å². The van der Waals surface area contributed by atoms with E-state index >= 15 is 4.39 Å². The van der Waals surface area contributed by atoms with Crippen molar-refractivity contribution in [2.45, 2.75) is 19.8 Å². The number of anilines is 1. The Morgan fingerprint density at radius 2 is 1.78 bits per heavy atom. The minimum atomic E-state index is -0.837. The second-order valence-corrected chi connectivity index (χ2v) is 10.4. The number of ether oxygens (including phenoxy) is 2. The van der Waals surface area contributed by atoms with Crippen LogP contribution in [-0.4, -0.2) is 61.8 Å². The number of carbonyl (C=O) groups excluding carboxylic acids is 1. The highest BCUT2D eigenvalue weighted by atomic mass is 35.5.